The molecule has 2 amide bonds. The number of fused-ring (bicyclic) bond motifs is 1. The number of carbonyl (C=O) groups is 2. The van der Waals surface area contributed by atoms with E-state index in [2.05, 4.69) is 15.3 Å². The number of imide groups is 1. The van der Waals surface area contributed by atoms with Gasteiger partial charge in [-0.1, -0.05) is 47.5 Å². The molecule has 1 saturated heterocycles. The van der Waals surface area contributed by atoms with Crippen LogP contribution in [0.15, 0.2) is 41.3 Å². The van der Waals surface area contributed by atoms with Crippen molar-refractivity contribution in [2.24, 2.45) is 0 Å². The third kappa shape index (κ3) is 3.16. The number of imidazole rings is 1. The summed E-state index contributed by atoms with van der Waals surface area (Å²) in [5.41, 5.74) is 3.10. The number of aromatic nitrogens is 2. The summed E-state index contributed by atoms with van der Waals surface area (Å²) in [4.78, 5) is 30.8. The minimum Gasteiger partial charge on any atom is -0.338 e. The van der Waals surface area contributed by atoms with E-state index in [1.807, 2.05) is 24.3 Å². The number of H-pyrrole nitrogens is 1. The Balaban J connectivity index is 1.66. The predicted octanol–water partition coefficient (Wildman–Crippen LogP) is 4.86. The standard InChI is InChI=1S/C17H9Cl2N3O2S/c18-10-6-11(19)14-12(7-10)20-15(21-14)9-3-1-8(2-4-9)5-13-16(23)22-17(24)25-13/h1-7H,(H,20,21)(H,22,23,24). The highest BCUT2D eigenvalue weighted by molar-refractivity contribution is 8.18. The molecule has 0 saturated carbocycles. The van der Waals surface area contributed by atoms with Crippen molar-refractivity contribution >= 4 is 63.2 Å². The molecule has 4 rings (SSSR count). The Morgan fingerprint density at radius 3 is 2.52 bits per heavy atom. The molecule has 1 aromatic heterocycles. The minimum absolute atomic E-state index is 0.356. The monoisotopic (exact) mass is 389 g/mol. The Kier molecular flexibility index (Phi) is 4.03. The molecule has 0 spiro atoms. The van der Waals surface area contributed by atoms with E-state index in [4.69, 9.17) is 23.2 Å². The van der Waals surface area contributed by atoms with Crippen LogP contribution in [-0.2, 0) is 4.79 Å². The van der Waals surface area contributed by atoms with Crippen molar-refractivity contribution in [1.29, 1.82) is 0 Å². The Morgan fingerprint density at radius 1 is 1.08 bits per heavy atom. The summed E-state index contributed by atoms with van der Waals surface area (Å²) < 4.78 is 0. The fourth-order valence-corrected chi connectivity index (χ4v) is 3.71. The van der Waals surface area contributed by atoms with Crippen LogP contribution in [-0.4, -0.2) is 21.1 Å². The molecule has 1 aliphatic rings. The zero-order chi connectivity index (χ0) is 17.6. The van der Waals surface area contributed by atoms with Gasteiger partial charge in [0.05, 0.1) is 15.4 Å². The number of benzene rings is 2. The molecule has 1 aliphatic heterocycles. The SMILES string of the molecule is O=C1NC(=O)C(=Cc2ccc(-c3nc4c(Cl)cc(Cl)cc4[nH]3)cc2)S1. The van der Waals surface area contributed by atoms with Crippen molar-refractivity contribution in [1.82, 2.24) is 15.3 Å². The lowest BCUT2D eigenvalue weighted by molar-refractivity contribution is -0.115. The maximum Gasteiger partial charge on any atom is 0.290 e. The Labute approximate surface area is 156 Å². The van der Waals surface area contributed by atoms with Crippen LogP contribution >= 0.6 is 35.0 Å². The smallest absolute Gasteiger partial charge is 0.290 e. The third-order valence-corrected chi connectivity index (χ3v) is 4.95. The van der Waals surface area contributed by atoms with Crippen LogP contribution in [0.4, 0.5) is 4.79 Å². The summed E-state index contributed by atoms with van der Waals surface area (Å²) >= 11 is 13.1. The molecule has 5 nitrogen and oxygen atoms in total. The molecule has 2 N–H and O–H groups in total. The van der Waals surface area contributed by atoms with Gasteiger partial charge in [0.2, 0.25) is 0 Å². The summed E-state index contributed by atoms with van der Waals surface area (Å²) in [5, 5.41) is 2.90. The van der Waals surface area contributed by atoms with Crippen molar-refractivity contribution < 1.29 is 9.59 Å². The molecular formula is C17H9Cl2N3O2S. The van der Waals surface area contributed by atoms with Gasteiger partial charge in [-0.3, -0.25) is 14.9 Å². The molecule has 0 atom stereocenters. The van der Waals surface area contributed by atoms with Crippen molar-refractivity contribution in [2.45, 2.75) is 0 Å². The zero-order valence-corrected chi connectivity index (χ0v) is 14.8. The molecule has 2 heterocycles. The van der Waals surface area contributed by atoms with E-state index in [1.54, 1.807) is 18.2 Å². The Hall–Kier alpha value is -2.28. The average Bonchev–Trinajstić information content (AvgIpc) is 3.11. The first-order valence-corrected chi connectivity index (χ1v) is 8.77. The number of rotatable bonds is 2. The molecule has 0 radical (unpaired) electrons. The quantitative estimate of drug-likeness (QED) is 0.613. The van der Waals surface area contributed by atoms with E-state index in [0.717, 1.165) is 28.4 Å². The number of amides is 2. The number of hydrogen-bond donors (Lipinski definition) is 2. The van der Waals surface area contributed by atoms with E-state index in [1.165, 1.54) is 0 Å². The van der Waals surface area contributed by atoms with Gasteiger partial charge in [-0.25, -0.2) is 4.98 Å². The van der Waals surface area contributed by atoms with Crippen LogP contribution in [0.5, 0.6) is 0 Å². The van der Waals surface area contributed by atoms with E-state index >= 15 is 0 Å². The maximum absolute atomic E-state index is 11.6. The molecule has 0 aliphatic carbocycles. The highest BCUT2D eigenvalue weighted by Gasteiger charge is 2.24. The number of aromatic amines is 1. The van der Waals surface area contributed by atoms with Crippen LogP contribution in [0.1, 0.15) is 5.56 Å². The lowest BCUT2D eigenvalue weighted by Gasteiger charge is -1.99. The number of carbonyl (C=O) groups excluding carboxylic acids is 2. The number of hydrogen-bond acceptors (Lipinski definition) is 4. The molecule has 2 aromatic carbocycles. The van der Waals surface area contributed by atoms with Crippen LogP contribution in [0, 0.1) is 0 Å². The first kappa shape index (κ1) is 16.2. The molecule has 124 valence electrons. The minimum atomic E-state index is -0.372. The molecule has 0 unspecified atom stereocenters. The van der Waals surface area contributed by atoms with Gasteiger partial charge in [-0.15, -0.1) is 0 Å². The van der Waals surface area contributed by atoms with Gasteiger partial charge in [-0.05, 0) is 35.5 Å². The fraction of sp³-hybridized carbons (Fsp3) is 0. The van der Waals surface area contributed by atoms with E-state index in [-0.39, 0.29) is 11.1 Å². The number of thioether (sulfide) groups is 1. The average molecular weight is 390 g/mol. The van der Waals surface area contributed by atoms with Gasteiger partial charge in [-0.2, -0.15) is 0 Å². The number of nitrogens with zero attached hydrogens (tertiary/aromatic N) is 1. The molecule has 25 heavy (non-hydrogen) atoms. The lowest BCUT2D eigenvalue weighted by atomic mass is 10.1. The van der Waals surface area contributed by atoms with E-state index in [0.29, 0.717) is 26.3 Å². The second-order valence-electron chi connectivity index (χ2n) is 5.34. The van der Waals surface area contributed by atoms with Crippen LogP contribution < -0.4 is 5.32 Å². The van der Waals surface area contributed by atoms with Crippen molar-refractivity contribution in [3.8, 4) is 11.4 Å². The summed E-state index contributed by atoms with van der Waals surface area (Å²) in [7, 11) is 0. The predicted molar refractivity (Wildman–Crippen MR) is 101 cm³/mol. The normalized spacial score (nSPS) is 16.0. The van der Waals surface area contributed by atoms with Gasteiger partial charge < -0.3 is 4.98 Å². The fourth-order valence-electron chi connectivity index (χ4n) is 2.49. The summed E-state index contributed by atoms with van der Waals surface area (Å²) in [5.74, 6) is 0.296. The molecule has 8 heteroatoms. The van der Waals surface area contributed by atoms with Crippen LogP contribution in [0.2, 0.25) is 10.0 Å². The highest BCUT2D eigenvalue weighted by Crippen LogP contribution is 2.30. The zero-order valence-electron chi connectivity index (χ0n) is 12.5. The second kappa shape index (κ2) is 6.22. The Morgan fingerprint density at radius 2 is 1.84 bits per heavy atom. The van der Waals surface area contributed by atoms with E-state index < -0.39 is 0 Å². The van der Waals surface area contributed by atoms with Gasteiger partial charge >= 0.3 is 0 Å². The van der Waals surface area contributed by atoms with Crippen LogP contribution in [0.25, 0.3) is 28.5 Å². The first-order valence-electron chi connectivity index (χ1n) is 7.20. The van der Waals surface area contributed by atoms with Crippen molar-refractivity contribution in [2.75, 3.05) is 0 Å². The van der Waals surface area contributed by atoms with Gasteiger partial charge in [0.1, 0.15) is 11.3 Å². The summed E-state index contributed by atoms with van der Waals surface area (Å²) in [6.45, 7) is 0. The largest absolute Gasteiger partial charge is 0.338 e. The first-order chi connectivity index (χ1) is 12.0. The van der Waals surface area contributed by atoms with Gasteiger partial charge in [0, 0.05) is 10.6 Å². The van der Waals surface area contributed by atoms with E-state index in [9.17, 15) is 9.59 Å². The third-order valence-electron chi connectivity index (χ3n) is 3.63. The summed E-state index contributed by atoms with van der Waals surface area (Å²) in [6.07, 6.45) is 1.67. The highest BCUT2D eigenvalue weighted by atomic mass is 35.5. The molecule has 3 aromatic rings. The maximum atomic E-state index is 11.6. The second-order valence-corrected chi connectivity index (χ2v) is 7.20. The van der Waals surface area contributed by atoms with Crippen LogP contribution in [0.3, 0.4) is 0 Å². The molecular weight excluding hydrogens is 381 g/mol. The molecule has 0 bridgehead atoms. The Bertz CT molecular complexity index is 1060. The number of nitrogens with one attached hydrogen (secondary N) is 2. The topological polar surface area (TPSA) is 74.8 Å². The molecule has 1 fully saturated rings. The van der Waals surface area contributed by atoms with Gasteiger partial charge in [0.25, 0.3) is 11.1 Å². The van der Waals surface area contributed by atoms with Crippen molar-refractivity contribution in [3.05, 3.63) is 56.9 Å². The van der Waals surface area contributed by atoms with Crippen molar-refractivity contribution in [3.63, 3.8) is 0 Å². The van der Waals surface area contributed by atoms with Gasteiger partial charge in [0.15, 0.2) is 0 Å². The summed E-state index contributed by atoms with van der Waals surface area (Å²) in [6, 6.07) is 10.9. The lowest BCUT2D eigenvalue weighted by Crippen LogP contribution is -2.17. The number of halogens is 2.